The standard InChI is InChI=1S/C52H65F2N7O7S/c1-2-42(62)58-46(37-21-12-7-13-22-37)51(66)61-28-16-23-41(61)49(64)59-47(44(35-17-8-5-9-18-35)36-19-10-6-11-20-36)50(65)56-27-15-4-3-14-26-55-43(63)33-68-48-38(24-25-39(53)45(48)54)40-34-69-52(57-40)60-29-31-67-32-30-60/h5-6,8-11,17-20,24-25,34,37,41,44,46-47H,2-4,7,12-16,21-23,26-33H2,1H3,(H,55,63)(H,56,65)(H,58,62)(H,59,64)/t41-,46-,47-/m0/s1. The number of carbonyl (C=O) groups is 5. The van der Waals surface area contributed by atoms with Crippen LogP contribution in [0.25, 0.3) is 11.3 Å². The van der Waals surface area contributed by atoms with Crippen molar-refractivity contribution in [1.82, 2.24) is 31.2 Å². The number of aromatic nitrogens is 1. The molecule has 1 saturated carbocycles. The van der Waals surface area contributed by atoms with Gasteiger partial charge in [0.25, 0.3) is 5.91 Å². The summed E-state index contributed by atoms with van der Waals surface area (Å²) in [6.45, 7) is 4.80. The molecule has 5 amide bonds. The number of unbranched alkanes of at least 4 members (excludes halogenated alkanes) is 3. The minimum atomic E-state index is -1.19. The molecule has 17 heteroatoms. The zero-order valence-electron chi connectivity index (χ0n) is 39.4. The van der Waals surface area contributed by atoms with Crippen LogP contribution in [0.3, 0.4) is 0 Å². The highest BCUT2D eigenvalue weighted by Crippen LogP contribution is 2.37. The Labute approximate surface area is 407 Å². The molecule has 7 rings (SSSR count). The molecule has 1 aromatic heterocycles. The number of likely N-dealkylation sites (tertiary alicyclic amines) is 1. The predicted octanol–water partition coefficient (Wildman–Crippen LogP) is 6.88. The van der Waals surface area contributed by atoms with Crippen LogP contribution in [0, 0.1) is 17.6 Å². The smallest absolute Gasteiger partial charge is 0.257 e. The van der Waals surface area contributed by atoms with Gasteiger partial charge in [0.15, 0.2) is 23.3 Å². The Bertz CT molecular complexity index is 2290. The largest absolute Gasteiger partial charge is 0.480 e. The Hall–Kier alpha value is -5.94. The zero-order valence-corrected chi connectivity index (χ0v) is 40.2. The number of thiazole rings is 1. The molecule has 2 aliphatic heterocycles. The molecule has 0 spiro atoms. The molecule has 3 heterocycles. The van der Waals surface area contributed by atoms with Crippen LogP contribution < -0.4 is 30.9 Å². The molecule has 0 radical (unpaired) electrons. The molecule has 3 fully saturated rings. The van der Waals surface area contributed by atoms with Crippen LogP contribution in [-0.4, -0.2) is 110 Å². The fourth-order valence-corrected chi connectivity index (χ4v) is 10.4. The molecule has 3 aliphatic rings. The Morgan fingerprint density at radius 3 is 2.12 bits per heavy atom. The first kappa shape index (κ1) is 50.9. The summed E-state index contributed by atoms with van der Waals surface area (Å²) in [5.41, 5.74) is 2.35. The average molecular weight is 970 g/mol. The van der Waals surface area contributed by atoms with E-state index in [1.54, 1.807) is 17.2 Å². The Balaban J connectivity index is 0.923. The van der Waals surface area contributed by atoms with Gasteiger partial charge in [0, 0.05) is 56.0 Å². The summed E-state index contributed by atoms with van der Waals surface area (Å²) in [6.07, 6.45) is 8.80. The van der Waals surface area contributed by atoms with E-state index in [0.29, 0.717) is 77.3 Å². The third-order valence-electron chi connectivity index (χ3n) is 13.3. The summed E-state index contributed by atoms with van der Waals surface area (Å²) in [6, 6.07) is 19.0. The van der Waals surface area contributed by atoms with E-state index in [1.807, 2.05) is 60.7 Å². The van der Waals surface area contributed by atoms with E-state index in [4.69, 9.17) is 9.47 Å². The van der Waals surface area contributed by atoms with Gasteiger partial charge in [-0.1, -0.05) is 99.7 Å². The van der Waals surface area contributed by atoms with Crippen molar-refractivity contribution in [2.45, 2.75) is 108 Å². The van der Waals surface area contributed by atoms with Gasteiger partial charge in [-0.2, -0.15) is 4.39 Å². The van der Waals surface area contributed by atoms with Crippen molar-refractivity contribution in [3.8, 4) is 17.0 Å². The van der Waals surface area contributed by atoms with E-state index in [1.165, 1.54) is 17.4 Å². The summed E-state index contributed by atoms with van der Waals surface area (Å²) >= 11 is 1.38. The van der Waals surface area contributed by atoms with E-state index >= 15 is 4.39 Å². The summed E-state index contributed by atoms with van der Waals surface area (Å²) < 4.78 is 40.3. The highest BCUT2D eigenvalue weighted by atomic mass is 32.1. The number of anilines is 1. The van der Waals surface area contributed by atoms with Crippen LogP contribution in [0.5, 0.6) is 5.75 Å². The minimum Gasteiger partial charge on any atom is -0.480 e. The predicted molar refractivity (Wildman–Crippen MR) is 261 cm³/mol. The number of ether oxygens (including phenoxy) is 2. The molecule has 4 N–H and O–H groups in total. The van der Waals surface area contributed by atoms with Crippen LogP contribution >= 0.6 is 11.3 Å². The lowest BCUT2D eigenvalue weighted by atomic mass is 9.83. The van der Waals surface area contributed by atoms with Gasteiger partial charge in [-0.25, -0.2) is 9.37 Å². The molecule has 3 aromatic carbocycles. The Morgan fingerprint density at radius 2 is 1.45 bits per heavy atom. The van der Waals surface area contributed by atoms with Crippen LogP contribution in [0.15, 0.2) is 78.2 Å². The van der Waals surface area contributed by atoms with E-state index in [2.05, 4.69) is 31.2 Å². The van der Waals surface area contributed by atoms with Crippen LogP contribution in [0.4, 0.5) is 13.9 Å². The third kappa shape index (κ3) is 13.7. The highest BCUT2D eigenvalue weighted by Gasteiger charge is 2.42. The van der Waals surface area contributed by atoms with Crippen LogP contribution in [0.2, 0.25) is 0 Å². The number of hydrogen-bond acceptors (Lipinski definition) is 10. The summed E-state index contributed by atoms with van der Waals surface area (Å²) in [4.78, 5) is 76.9. The van der Waals surface area contributed by atoms with Crippen molar-refractivity contribution in [2.24, 2.45) is 5.92 Å². The summed E-state index contributed by atoms with van der Waals surface area (Å²) in [5, 5.41) is 14.4. The Morgan fingerprint density at radius 1 is 0.783 bits per heavy atom. The van der Waals surface area contributed by atoms with Gasteiger partial charge in [0.2, 0.25) is 29.4 Å². The minimum absolute atomic E-state index is 0.00294. The molecule has 2 saturated heterocycles. The van der Waals surface area contributed by atoms with Crippen LogP contribution in [-0.2, 0) is 28.7 Å². The third-order valence-corrected chi connectivity index (χ3v) is 14.2. The maximum atomic E-state index is 15.0. The second-order valence-corrected chi connectivity index (χ2v) is 18.8. The first-order chi connectivity index (χ1) is 33.6. The van der Waals surface area contributed by atoms with Crippen molar-refractivity contribution in [1.29, 1.82) is 0 Å². The summed E-state index contributed by atoms with van der Waals surface area (Å²) in [5.74, 6) is -4.89. The first-order valence-electron chi connectivity index (χ1n) is 24.6. The van der Waals surface area contributed by atoms with Crippen molar-refractivity contribution in [3.63, 3.8) is 0 Å². The number of carbonyl (C=O) groups excluding carboxylic acids is 5. The van der Waals surface area contributed by atoms with Gasteiger partial charge in [-0.15, -0.1) is 11.3 Å². The second-order valence-electron chi connectivity index (χ2n) is 18.0. The molecular formula is C52H65F2N7O7S. The fourth-order valence-electron chi connectivity index (χ4n) is 9.56. The maximum Gasteiger partial charge on any atom is 0.257 e. The number of benzene rings is 3. The molecule has 370 valence electrons. The van der Waals surface area contributed by atoms with Gasteiger partial charge >= 0.3 is 0 Å². The normalized spacial score (nSPS) is 17.2. The molecular weight excluding hydrogens is 905 g/mol. The van der Waals surface area contributed by atoms with E-state index < -0.39 is 54.1 Å². The number of amides is 5. The monoisotopic (exact) mass is 969 g/mol. The molecule has 0 bridgehead atoms. The number of halogens is 2. The second kappa shape index (κ2) is 25.6. The molecule has 0 unspecified atom stereocenters. The number of nitrogens with one attached hydrogen (secondary N) is 4. The van der Waals surface area contributed by atoms with Crippen molar-refractivity contribution in [2.75, 3.05) is 57.4 Å². The molecule has 3 atom stereocenters. The SMILES string of the molecule is CCC(=O)N[C@H](C(=O)N1CCC[C@H]1C(=O)N[C@H](C(=O)NCCCCCCNC(=O)COc1c(-c2csc(N3CCOCC3)n2)ccc(F)c1F)C(c1ccccc1)c1ccccc1)C1CCCCC1. The Kier molecular flexibility index (Phi) is 18.9. The van der Waals surface area contributed by atoms with Gasteiger partial charge in [0.05, 0.1) is 18.9 Å². The lowest BCUT2D eigenvalue weighted by Gasteiger charge is -2.35. The van der Waals surface area contributed by atoms with Gasteiger partial charge in [-0.05, 0) is 67.7 Å². The highest BCUT2D eigenvalue weighted by molar-refractivity contribution is 7.14. The molecule has 14 nitrogen and oxygen atoms in total. The van der Waals surface area contributed by atoms with E-state index in [-0.39, 0.29) is 41.4 Å². The van der Waals surface area contributed by atoms with Crippen LogP contribution in [0.1, 0.15) is 101 Å². The van der Waals surface area contributed by atoms with Crippen molar-refractivity contribution >= 4 is 46.0 Å². The topological polar surface area (TPSA) is 171 Å². The van der Waals surface area contributed by atoms with E-state index in [9.17, 15) is 28.4 Å². The quantitative estimate of drug-likeness (QED) is 0.0614. The number of morpholine rings is 1. The maximum absolute atomic E-state index is 15.0. The zero-order chi connectivity index (χ0) is 48.5. The number of hydrogen-bond donors (Lipinski definition) is 4. The van der Waals surface area contributed by atoms with Gasteiger partial charge in [-0.3, -0.25) is 24.0 Å². The first-order valence-corrected chi connectivity index (χ1v) is 25.4. The lowest BCUT2D eigenvalue weighted by Crippen LogP contribution is -2.58. The summed E-state index contributed by atoms with van der Waals surface area (Å²) in [7, 11) is 0. The molecule has 4 aromatic rings. The van der Waals surface area contributed by atoms with Gasteiger partial charge < -0.3 is 40.5 Å². The van der Waals surface area contributed by atoms with Crippen molar-refractivity contribution in [3.05, 3.63) is 101 Å². The molecule has 1 aliphatic carbocycles. The lowest BCUT2D eigenvalue weighted by molar-refractivity contribution is -0.143. The van der Waals surface area contributed by atoms with E-state index in [0.717, 1.165) is 67.3 Å². The fraction of sp³-hybridized carbons (Fsp3) is 0.500. The average Bonchev–Trinajstić information content (AvgIpc) is 4.09. The van der Waals surface area contributed by atoms with Gasteiger partial charge in [0.1, 0.15) is 18.1 Å². The number of nitrogens with zero attached hydrogens (tertiary/aromatic N) is 3. The number of rotatable bonds is 22. The molecule has 69 heavy (non-hydrogen) atoms. The van der Waals surface area contributed by atoms with Crippen molar-refractivity contribution < 1.29 is 42.2 Å².